The molecule has 0 aliphatic carbocycles. The molecule has 1 aliphatic heterocycles. The summed E-state index contributed by atoms with van der Waals surface area (Å²) >= 11 is 0. The zero-order valence-corrected chi connectivity index (χ0v) is 7.74. The molecule has 4 nitrogen and oxygen atoms in total. The van der Waals surface area contributed by atoms with Gasteiger partial charge in [-0.15, -0.1) is 0 Å². The summed E-state index contributed by atoms with van der Waals surface area (Å²) in [5.74, 6) is 0.629. The lowest BCUT2D eigenvalue weighted by Gasteiger charge is -2.16. The molecule has 0 atom stereocenters. The summed E-state index contributed by atoms with van der Waals surface area (Å²) in [4.78, 5) is 11.0. The fraction of sp³-hybridized carbons (Fsp3) is 0.300. The maximum Gasteiger partial charge on any atom is 0.311 e. The van der Waals surface area contributed by atoms with Gasteiger partial charge in [0.05, 0.1) is 13.5 Å². The van der Waals surface area contributed by atoms with Crippen molar-refractivity contribution in [3.8, 4) is 17.2 Å². The van der Waals surface area contributed by atoms with Gasteiger partial charge in [0.1, 0.15) is 5.75 Å². The summed E-state index contributed by atoms with van der Waals surface area (Å²) in [6, 6.07) is 3.10. The molecule has 1 aromatic carbocycles. The van der Waals surface area contributed by atoms with Crippen LogP contribution in [-0.4, -0.2) is 18.2 Å². The van der Waals surface area contributed by atoms with Crippen molar-refractivity contribution >= 4 is 5.97 Å². The number of fused-ring (bicyclic) bond motifs is 1. The van der Waals surface area contributed by atoms with E-state index in [1.807, 2.05) is 0 Å². The highest BCUT2D eigenvalue weighted by Gasteiger charge is 2.19. The molecule has 0 bridgehead atoms. The highest BCUT2D eigenvalue weighted by Crippen LogP contribution is 2.36. The van der Waals surface area contributed by atoms with Crippen molar-refractivity contribution in [3.05, 3.63) is 17.7 Å². The first-order valence-corrected chi connectivity index (χ1v) is 4.31. The monoisotopic (exact) mass is 194 g/mol. The predicted molar refractivity (Wildman–Crippen MR) is 48.6 cm³/mol. The van der Waals surface area contributed by atoms with Gasteiger partial charge in [-0.3, -0.25) is 4.79 Å². The van der Waals surface area contributed by atoms with Crippen LogP contribution in [-0.2, 0) is 11.2 Å². The van der Waals surface area contributed by atoms with Crippen molar-refractivity contribution in [1.29, 1.82) is 0 Å². The maximum atomic E-state index is 11.0. The zero-order chi connectivity index (χ0) is 10.1. The number of aromatic hydroxyl groups is 1. The molecule has 0 saturated carbocycles. The van der Waals surface area contributed by atoms with Gasteiger partial charge < -0.3 is 14.6 Å². The van der Waals surface area contributed by atoms with Gasteiger partial charge in [-0.05, 0) is 18.1 Å². The highest BCUT2D eigenvalue weighted by atomic mass is 16.5. The number of benzene rings is 1. The minimum Gasteiger partial charge on any atom is -0.504 e. The molecule has 1 N–H and O–H groups in total. The average molecular weight is 194 g/mol. The van der Waals surface area contributed by atoms with Crippen LogP contribution in [0.3, 0.4) is 0 Å². The van der Waals surface area contributed by atoms with E-state index in [9.17, 15) is 9.90 Å². The lowest BCUT2D eigenvalue weighted by molar-refractivity contribution is -0.135. The van der Waals surface area contributed by atoms with Crippen LogP contribution in [0.1, 0.15) is 12.0 Å². The first-order valence-electron chi connectivity index (χ1n) is 4.31. The number of rotatable bonds is 1. The predicted octanol–water partition coefficient (Wildman–Crippen LogP) is 1.25. The Balaban J connectivity index is 2.46. The molecule has 0 unspecified atom stereocenters. The Morgan fingerprint density at radius 1 is 1.43 bits per heavy atom. The summed E-state index contributed by atoms with van der Waals surface area (Å²) in [6.45, 7) is 0. The van der Waals surface area contributed by atoms with Crippen molar-refractivity contribution in [1.82, 2.24) is 0 Å². The fourth-order valence-electron chi connectivity index (χ4n) is 1.46. The number of carbonyl (C=O) groups is 1. The van der Waals surface area contributed by atoms with Gasteiger partial charge >= 0.3 is 5.97 Å². The lowest BCUT2D eigenvalue weighted by atomic mass is 10.1. The summed E-state index contributed by atoms with van der Waals surface area (Å²) in [7, 11) is 1.45. The van der Waals surface area contributed by atoms with E-state index < -0.39 is 0 Å². The molecule has 4 heteroatoms. The largest absolute Gasteiger partial charge is 0.504 e. The van der Waals surface area contributed by atoms with Crippen LogP contribution < -0.4 is 9.47 Å². The second-order valence-corrected chi connectivity index (χ2v) is 3.11. The van der Waals surface area contributed by atoms with Gasteiger partial charge in [0, 0.05) is 6.07 Å². The zero-order valence-electron chi connectivity index (χ0n) is 7.74. The van der Waals surface area contributed by atoms with Gasteiger partial charge in [-0.1, -0.05) is 0 Å². The summed E-state index contributed by atoms with van der Waals surface area (Å²) < 4.78 is 9.90. The first kappa shape index (κ1) is 8.87. The number of ether oxygens (including phenoxy) is 2. The summed E-state index contributed by atoms with van der Waals surface area (Å²) in [5, 5.41) is 9.47. The number of hydrogen-bond acceptors (Lipinski definition) is 4. The van der Waals surface area contributed by atoms with E-state index in [1.165, 1.54) is 13.2 Å². The molecular formula is C10H10O4. The molecule has 0 radical (unpaired) electrons. The number of esters is 1. The van der Waals surface area contributed by atoms with E-state index >= 15 is 0 Å². The second kappa shape index (κ2) is 3.21. The van der Waals surface area contributed by atoms with Crippen molar-refractivity contribution in [2.24, 2.45) is 0 Å². The van der Waals surface area contributed by atoms with E-state index in [0.717, 1.165) is 5.56 Å². The lowest BCUT2D eigenvalue weighted by Crippen LogP contribution is -2.15. The van der Waals surface area contributed by atoms with Crippen LogP contribution in [0.15, 0.2) is 12.1 Å². The van der Waals surface area contributed by atoms with Gasteiger partial charge in [0.25, 0.3) is 0 Å². The Hall–Kier alpha value is -1.71. The average Bonchev–Trinajstić information content (AvgIpc) is 2.17. The first-order chi connectivity index (χ1) is 6.70. The second-order valence-electron chi connectivity index (χ2n) is 3.11. The van der Waals surface area contributed by atoms with E-state index in [4.69, 9.17) is 9.47 Å². The minimum absolute atomic E-state index is 0.0733. The molecule has 2 rings (SSSR count). The molecule has 0 amide bonds. The molecule has 14 heavy (non-hydrogen) atoms. The Kier molecular flexibility index (Phi) is 2.04. The molecule has 1 aliphatic rings. The van der Waals surface area contributed by atoms with Gasteiger partial charge in [0.15, 0.2) is 11.5 Å². The Bertz CT molecular complexity index is 384. The third-order valence-electron chi connectivity index (χ3n) is 2.18. The summed E-state index contributed by atoms with van der Waals surface area (Å²) in [6.07, 6.45) is 0.963. The standard InChI is InChI=1S/C10H10O4/c1-13-9-5-8-6(4-7(9)11)2-3-10(12)14-8/h4-5,11H,2-3H2,1H3. The number of phenols is 1. The molecule has 0 fully saturated rings. The topological polar surface area (TPSA) is 55.8 Å². The van der Waals surface area contributed by atoms with Gasteiger partial charge in [0.2, 0.25) is 0 Å². The molecule has 0 saturated heterocycles. The third-order valence-corrected chi connectivity index (χ3v) is 2.18. The Morgan fingerprint density at radius 2 is 2.21 bits per heavy atom. The maximum absolute atomic E-state index is 11.0. The van der Waals surface area contributed by atoms with Crippen molar-refractivity contribution in [2.45, 2.75) is 12.8 Å². The van der Waals surface area contributed by atoms with Gasteiger partial charge in [-0.2, -0.15) is 0 Å². The van der Waals surface area contributed by atoms with Crippen LogP contribution in [0.25, 0.3) is 0 Å². The van der Waals surface area contributed by atoms with Crippen molar-refractivity contribution in [3.63, 3.8) is 0 Å². The number of methoxy groups -OCH3 is 1. The van der Waals surface area contributed by atoms with Crippen molar-refractivity contribution < 1.29 is 19.4 Å². The number of carbonyl (C=O) groups excluding carboxylic acids is 1. The molecular weight excluding hydrogens is 184 g/mol. The van der Waals surface area contributed by atoms with Crippen LogP contribution in [0.2, 0.25) is 0 Å². The summed E-state index contributed by atoms with van der Waals surface area (Å²) in [5.41, 5.74) is 0.836. The molecule has 74 valence electrons. The normalized spacial score (nSPS) is 14.5. The Morgan fingerprint density at radius 3 is 2.93 bits per heavy atom. The van der Waals surface area contributed by atoms with Crippen LogP contribution in [0.4, 0.5) is 0 Å². The van der Waals surface area contributed by atoms with Crippen molar-refractivity contribution in [2.75, 3.05) is 7.11 Å². The van der Waals surface area contributed by atoms with E-state index in [2.05, 4.69) is 0 Å². The molecule has 1 heterocycles. The van der Waals surface area contributed by atoms with E-state index in [1.54, 1.807) is 6.07 Å². The van der Waals surface area contributed by atoms with Crippen LogP contribution in [0.5, 0.6) is 17.2 Å². The Labute approximate surface area is 81.1 Å². The number of aryl methyl sites for hydroxylation is 1. The van der Waals surface area contributed by atoms with Crippen LogP contribution >= 0.6 is 0 Å². The molecule has 1 aromatic rings. The SMILES string of the molecule is COc1cc2c(cc1O)CCC(=O)O2. The highest BCUT2D eigenvalue weighted by molar-refractivity contribution is 5.76. The number of phenolic OH excluding ortho intramolecular Hbond substituents is 1. The third kappa shape index (κ3) is 1.39. The molecule has 0 spiro atoms. The van der Waals surface area contributed by atoms with E-state index in [-0.39, 0.29) is 11.7 Å². The number of hydrogen-bond donors (Lipinski definition) is 1. The van der Waals surface area contributed by atoms with Gasteiger partial charge in [-0.25, -0.2) is 0 Å². The molecule has 0 aromatic heterocycles. The quantitative estimate of drug-likeness (QED) is 0.540. The minimum atomic E-state index is -0.245. The van der Waals surface area contributed by atoms with E-state index in [0.29, 0.717) is 24.3 Å². The smallest absolute Gasteiger partial charge is 0.311 e. The van der Waals surface area contributed by atoms with Crippen LogP contribution in [0, 0.1) is 0 Å². The fourth-order valence-corrected chi connectivity index (χ4v) is 1.46.